The number of nitrogens with two attached hydrogens (primary N) is 1. The summed E-state index contributed by atoms with van der Waals surface area (Å²) >= 11 is 4.35. The molecule has 9 heteroatoms. The van der Waals surface area contributed by atoms with E-state index in [1.54, 1.807) is 5.51 Å². The Balaban J connectivity index is 2.38. The average Bonchev–Trinajstić information content (AvgIpc) is 2.79. The zero-order valence-corrected chi connectivity index (χ0v) is 14.5. The highest BCUT2D eigenvalue weighted by molar-refractivity contribution is 9.10. The van der Waals surface area contributed by atoms with E-state index in [9.17, 15) is 12.8 Å². The third-order valence-electron chi connectivity index (χ3n) is 2.95. The minimum atomic E-state index is -3.81. The number of hydrogen-bond donors (Lipinski definition) is 1. The molecule has 2 rings (SSSR count). The molecule has 0 amide bonds. The molecule has 21 heavy (non-hydrogen) atoms. The van der Waals surface area contributed by atoms with Gasteiger partial charge in [-0.05, 0) is 35.0 Å². The van der Waals surface area contributed by atoms with Crippen molar-refractivity contribution in [2.24, 2.45) is 0 Å². The molecule has 0 saturated heterocycles. The van der Waals surface area contributed by atoms with E-state index in [-0.39, 0.29) is 21.6 Å². The molecule has 2 N–H and O–H groups in total. The number of nitrogens with zero attached hydrogens (tertiary/aromatic N) is 2. The molecule has 0 saturated carbocycles. The van der Waals surface area contributed by atoms with Crippen molar-refractivity contribution >= 4 is 43.0 Å². The number of hydrogen-bond acceptors (Lipinski definition) is 5. The number of benzene rings is 1. The predicted octanol–water partition coefficient (Wildman–Crippen LogP) is 2.76. The third-order valence-corrected chi connectivity index (χ3v) is 6.34. The molecule has 0 atom stereocenters. The van der Waals surface area contributed by atoms with Crippen LogP contribution in [0, 0.1) is 12.7 Å². The minimum Gasteiger partial charge on any atom is -0.398 e. The van der Waals surface area contributed by atoms with Crippen molar-refractivity contribution in [1.29, 1.82) is 0 Å². The maximum absolute atomic E-state index is 13.4. The highest BCUT2D eigenvalue weighted by Crippen LogP contribution is 2.29. The van der Waals surface area contributed by atoms with E-state index in [4.69, 9.17) is 5.73 Å². The van der Waals surface area contributed by atoms with E-state index in [1.165, 1.54) is 28.8 Å². The molecule has 1 aromatic heterocycles. The molecule has 0 aliphatic rings. The number of rotatable bonds is 4. The summed E-state index contributed by atoms with van der Waals surface area (Å²) in [5.74, 6) is -0.604. The number of anilines is 1. The van der Waals surface area contributed by atoms with Crippen LogP contribution in [-0.4, -0.2) is 24.8 Å². The second-order valence-corrected chi connectivity index (χ2v) is 8.23. The van der Waals surface area contributed by atoms with E-state index in [1.807, 2.05) is 6.92 Å². The maximum atomic E-state index is 13.4. The Morgan fingerprint density at radius 1 is 1.48 bits per heavy atom. The SMILES string of the molecule is Cc1ncsc1CN(C)S(=O)(=O)c1cc(Br)c(F)cc1N. The van der Waals surface area contributed by atoms with Crippen LogP contribution >= 0.6 is 27.3 Å². The second-order valence-electron chi connectivity index (χ2n) is 4.43. The maximum Gasteiger partial charge on any atom is 0.245 e. The minimum absolute atomic E-state index is 0.0534. The van der Waals surface area contributed by atoms with Crippen LogP contribution in [0.25, 0.3) is 0 Å². The smallest absolute Gasteiger partial charge is 0.245 e. The van der Waals surface area contributed by atoms with Gasteiger partial charge in [-0.2, -0.15) is 4.31 Å². The normalized spacial score (nSPS) is 12.0. The molecule has 0 aliphatic heterocycles. The van der Waals surface area contributed by atoms with Gasteiger partial charge in [-0.25, -0.2) is 17.8 Å². The number of aromatic nitrogens is 1. The van der Waals surface area contributed by atoms with Crippen molar-refractivity contribution < 1.29 is 12.8 Å². The first-order chi connectivity index (χ1) is 9.73. The zero-order chi connectivity index (χ0) is 15.8. The molecule has 0 bridgehead atoms. The van der Waals surface area contributed by atoms with Crippen LogP contribution in [0.3, 0.4) is 0 Å². The Morgan fingerprint density at radius 2 is 2.14 bits per heavy atom. The molecule has 0 spiro atoms. The van der Waals surface area contributed by atoms with Crippen LogP contribution < -0.4 is 5.73 Å². The van der Waals surface area contributed by atoms with Gasteiger partial charge in [0.2, 0.25) is 10.0 Å². The lowest BCUT2D eigenvalue weighted by Gasteiger charge is -2.18. The summed E-state index contributed by atoms with van der Waals surface area (Å²) in [7, 11) is -2.36. The topological polar surface area (TPSA) is 76.3 Å². The fourth-order valence-electron chi connectivity index (χ4n) is 1.70. The van der Waals surface area contributed by atoms with Crippen molar-refractivity contribution in [3.63, 3.8) is 0 Å². The molecule has 0 radical (unpaired) electrons. The third kappa shape index (κ3) is 3.25. The van der Waals surface area contributed by atoms with Gasteiger partial charge in [0.15, 0.2) is 0 Å². The Bertz CT molecular complexity index is 777. The summed E-state index contributed by atoms with van der Waals surface area (Å²) in [6.45, 7) is 2.00. The van der Waals surface area contributed by atoms with Crippen LogP contribution in [0.5, 0.6) is 0 Å². The highest BCUT2D eigenvalue weighted by atomic mass is 79.9. The van der Waals surface area contributed by atoms with E-state index in [0.717, 1.165) is 16.6 Å². The van der Waals surface area contributed by atoms with Crippen molar-refractivity contribution in [3.05, 3.63) is 38.5 Å². The van der Waals surface area contributed by atoms with Gasteiger partial charge in [0.1, 0.15) is 10.7 Å². The van der Waals surface area contributed by atoms with Gasteiger partial charge in [-0.1, -0.05) is 0 Å². The Labute approximate surface area is 134 Å². The zero-order valence-electron chi connectivity index (χ0n) is 11.3. The van der Waals surface area contributed by atoms with E-state index >= 15 is 0 Å². The van der Waals surface area contributed by atoms with Crippen LogP contribution in [0.2, 0.25) is 0 Å². The highest BCUT2D eigenvalue weighted by Gasteiger charge is 2.25. The molecule has 5 nitrogen and oxygen atoms in total. The van der Waals surface area contributed by atoms with Gasteiger partial charge >= 0.3 is 0 Å². The van der Waals surface area contributed by atoms with Crippen molar-refractivity contribution in [2.75, 3.05) is 12.8 Å². The summed E-state index contributed by atoms with van der Waals surface area (Å²) in [6.07, 6.45) is 0. The standard InChI is InChI=1S/C12H13BrFN3O2S2/c1-7-11(20-6-16-7)5-17(2)21(18,19)12-3-8(13)9(14)4-10(12)15/h3-4,6H,5,15H2,1-2H3. The largest absolute Gasteiger partial charge is 0.398 e. The fraction of sp³-hybridized carbons (Fsp3) is 0.250. The van der Waals surface area contributed by atoms with Crippen LogP contribution in [0.1, 0.15) is 10.6 Å². The van der Waals surface area contributed by atoms with Crippen molar-refractivity contribution in [1.82, 2.24) is 9.29 Å². The van der Waals surface area contributed by atoms with Gasteiger partial charge < -0.3 is 5.73 Å². The molecule has 1 heterocycles. The number of nitrogen functional groups attached to an aromatic ring is 1. The van der Waals surface area contributed by atoms with Crippen LogP contribution in [-0.2, 0) is 16.6 Å². The van der Waals surface area contributed by atoms with Gasteiger partial charge in [0.05, 0.1) is 21.4 Å². The Kier molecular flexibility index (Phi) is 4.66. The van der Waals surface area contributed by atoms with Crippen LogP contribution in [0.4, 0.5) is 10.1 Å². The number of aryl methyl sites for hydroxylation is 1. The average molecular weight is 394 g/mol. The Morgan fingerprint density at radius 3 is 2.71 bits per heavy atom. The molecule has 0 unspecified atom stereocenters. The molecule has 1 aromatic carbocycles. The Hall–Kier alpha value is -1.03. The molecule has 2 aromatic rings. The summed E-state index contributed by atoms with van der Waals surface area (Å²) in [4.78, 5) is 4.81. The van der Waals surface area contributed by atoms with E-state index in [2.05, 4.69) is 20.9 Å². The lowest BCUT2D eigenvalue weighted by molar-refractivity contribution is 0.469. The fourth-order valence-corrected chi connectivity index (χ4v) is 4.36. The van der Waals surface area contributed by atoms with Gasteiger partial charge in [0, 0.05) is 18.5 Å². The molecular formula is C12H13BrFN3O2S2. The lowest BCUT2D eigenvalue weighted by Crippen LogP contribution is -2.27. The molecule has 0 aliphatic carbocycles. The first kappa shape index (κ1) is 16.3. The van der Waals surface area contributed by atoms with Crippen molar-refractivity contribution in [2.45, 2.75) is 18.4 Å². The summed E-state index contributed by atoms with van der Waals surface area (Å²) in [5, 5.41) is 0. The molecule has 0 fully saturated rings. The van der Waals surface area contributed by atoms with Gasteiger partial charge in [0.25, 0.3) is 0 Å². The lowest BCUT2D eigenvalue weighted by atomic mass is 10.3. The first-order valence-electron chi connectivity index (χ1n) is 5.83. The van der Waals surface area contributed by atoms with Gasteiger partial charge in [-0.15, -0.1) is 11.3 Å². The quantitative estimate of drug-likeness (QED) is 0.810. The summed E-state index contributed by atoms with van der Waals surface area (Å²) in [6, 6.07) is 2.17. The number of thiazole rings is 1. The van der Waals surface area contributed by atoms with Crippen molar-refractivity contribution in [3.8, 4) is 0 Å². The second kappa shape index (κ2) is 5.99. The predicted molar refractivity (Wildman–Crippen MR) is 84.0 cm³/mol. The summed E-state index contributed by atoms with van der Waals surface area (Å²) in [5.41, 5.74) is 7.97. The van der Waals surface area contributed by atoms with E-state index in [0.29, 0.717) is 0 Å². The van der Waals surface area contributed by atoms with E-state index < -0.39 is 15.8 Å². The molecular weight excluding hydrogens is 381 g/mol. The van der Waals surface area contributed by atoms with Crippen LogP contribution in [0.15, 0.2) is 27.0 Å². The summed E-state index contributed by atoms with van der Waals surface area (Å²) < 4.78 is 39.7. The number of sulfonamides is 1. The number of halogens is 2. The van der Waals surface area contributed by atoms with Gasteiger partial charge in [-0.3, -0.25) is 0 Å². The first-order valence-corrected chi connectivity index (χ1v) is 8.94. The monoisotopic (exact) mass is 393 g/mol. The molecule has 114 valence electrons.